The van der Waals surface area contributed by atoms with E-state index in [9.17, 15) is 9.59 Å². The normalized spacial score (nSPS) is 23.0. The van der Waals surface area contributed by atoms with E-state index in [4.69, 9.17) is 0 Å². The molecule has 2 fully saturated rings. The van der Waals surface area contributed by atoms with Crippen molar-refractivity contribution in [1.82, 2.24) is 15.1 Å². The Morgan fingerprint density at radius 3 is 2.33 bits per heavy atom. The van der Waals surface area contributed by atoms with E-state index < -0.39 is 0 Å². The summed E-state index contributed by atoms with van der Waals surface area (Å²) < 4.78 is 0. The summed E-state index contributed by atoms with van der Waals surface area (Å²) in [5, 5.41) is 2.92. The second kappa shape index (κ2) is 4.78. The number of carbonyl (C=O) groups excluding carboxylic acids is 2. The molecule has 0 saturated carbocycles. The molecule has 0 unspecified atom stereocenters. The molecule has 0 radical (unpaired) electrons. The summed E-state index contributed by atoms with van der Waals surface area (Å²) in [5.74, 6) is 0.245. The fraction of sp³-hybridized carbons (Fsp3) is 0.846. The molecule has 18 heavy (non-hydrogen) atoms. The molecule has 2 saturated heterocycles. The molecule has 2 aliphatic rings. The number of carbonyl (C=O) groups is 2. The van der Waals surface area contributed by atoms with Gasteiger partial charge in [0.2, 0.25) is 5.91 Å². The molecule has 1 N–H and O–H groups in total. The van der Waals surface area contributed by atoms with Crippen molar-refractivity contribution in [1.29, 1.82) is 0 Å². The largest absolute Gasteiger partial charge is 0.340 e. The molecular weight excluding hydrogens is 230 g/mol. The van der Waals surface area contributed by atoms with Gasteiger partial charge in [-0.2, -0.15) is 0 Å². The van der Waals surface area contributed by atoms with Gasteiger partial charge < -0.3 is 15.1 Å². The van der Waals surface area contributed by atoms with E-state index >= 15 is 0 Å². The highest BCUT2D eigenvalue weighted by molar-refractivity contribution is 5.79. The van der Waals surface area contributed by atoms with Crippen molar-refractivity contribution in [2.45, 2.75) is 51.1 Å². The van der Waals surface area contributed by atoms with Crippen LogP contribution in [0.25, 0.3) is 0 Å². The van der Waals surface area contributed by atoms with Gasteiger partial charge in [-0.05, 0) is 33.1 Å². The van der Waals surface area contributed by atoms with Crippen molar-refractivity contribution >= 4 is 11.9 Å². The summed E-state index contributed by atoms with van der Waals surface area (Å²) >= 11 is 0. The Balaban J connectivity index is 1.92. The minimum atomic E-state index is 0.0195. The van der Waals surface area contributed by atoms with Crippen LogP contribution in [0.4, 0.5) is 4.79 Å². The fourth-order valence-electron chi connectivity index (χ4n) is 2.99. The molecule has 0 aromatic rings. The lowest BCUT2D eigenvalue weighted by Gasteiger charge is -2.43. The number of nitrogens with zero attached hydrogens (tertiary/aromatic N) is 2. The van der Waals surface area contributed by atoms with Gasteiger partial charge in [0.15, 0.2) is 0 Å². The molecule has 102 valence electrons. The standard InChI is InChI=1S/C13H23N3O2/c1-10(2)14-12(18)16-8-6-13(7-9-16)5-4-11(17)15(13)3/h10H,4-9H2,1-3H3,(H,14,18). The van der Waals surface area contributed by atoms with Crippen LogP contribution >= 0.6 is 0 Å². The van der Waals surface area contributed by atoms with Gasteiger partial charge in [0.05, 0.1) is 0 Å². The van der Waals surface area contributed by atoms with E-state index in [1.807, 2.05) is 30.7 Å². The Labute approximate surface area is 108 Å². The summed E-state index contributed by atoms with van der Waals surface area (Å²) in [6, 6.07) is 0.191. The van der Waals surface area contributed by atoms with Crippen LogP contribution in [0.5, 0.6) is 0 Å². The predicted octanol–water partition coefficient (Wildman–Crippen LogP) is 1.19. The molecule has 0 atom stereocenters. The Hall–Kier alpha value is -1.26. The van der Waals surface area contributed by atoms with Gasteiger partial charge in [0.25, 0.3) is 0 Å². The van der Waals surface area contributed by atoms with Crippen LogP contribution in [0.15, 0.2) is 0 Å². The average molecular weight is 253 g/mol. The minimum absolute atomic E-state index is 0.0195. The zero-order valence-electron chi connectivity index (χ0n) is 11.5. The number of nitrogens with one attached hydrogen (secondary N) is 1. The highest BCUT2D eigenvalue weighted by Crippen LogP contribution is 2.37. The third-order valence-electron chi connectivity index (χ3n) is 4.28. The topological polar surface area (TPSA) is 52.7 Å². The van der Waals surface area contributed by atoms with Crippen LogP contribution in [0.2, 0.25) is 0 Å². The van der Waals surface area contributed by atoms with Gasteiger partial charge in [-0.15, -0.1) is 0 Å². The van der Waals surface area contributed by atoms with E-state index in [1.165, 1.54) is 0 Å². The van der Waals surface area contributed by atoms with Gasteiger partial charge in [0.1, 0.15) is 0 Å². The fourth-order valence-corrected chi connectivity index (χ4v) is 2.99. The zero-order valence-corrected chi connectivity index (χ0v) is 11.5. The second-order valence-corrected chi connectivity index (χ2v) is 5.77. The number of piperidine rings is 1. The Morgan fingerprint density at radius 1 is 1.28 bits per heavy atom. The molecular formula is C13H23N3O2. The monoisotopic (exact) mass is 253 g/mol. The van der Waals surface area contributed by atoms with Crippen LogP contribution in [0.1, 0.15) is 39.5 Å². The van der Waals surface area contributed by atoms with Crippen molar-refractivity contribution in [2.75, 3.05) is 20.1 Å². The molecule has 5 nitrogen and oxygen atoms in total. The molecule has 2 aliphatic heterocycles. The van der Waals surface area contributed by atoms with Gasteiger partial charge in [-0.3, -0.25) is 4.79 Å². The first kappa shape index (κ1) is 13.2. The number of hydrogen-bond acceptors (Lipinski definition) is 2. The van der Waals surface area contributed by atoms with Gasteiger partial charge in [-0.1, -0.05) is 0 Å². The summed E-state index contributed by atoms with van der Waals surface area (Å²) in [6.07, 6.45) is 3.41. The maximum absolute atomic E-state index is 11.9. The van der Waals surface area contributed by atoms with Crippen molar-refractivity contribution in [3.8, 4) is 0 Å². The predicted molar refractivity (Wildman–Crippen MR) is 69.2 cm³/mol. The number of rotatable bonds is 1. The van der Waals surface area contributed by atoms with E-state index in [2.05, 4.69) is 5.32 Å². The molecule has 0 aromatic heterocycles. The molecule has 3 amide bonds. The van der Waals surface area contributed by atoms with Crippen LogP contribution in [-0.4, -0.2) is 53.5 Å². The maximum Gasteiger partial charge on any atom is 0.317 e. The number of likely N-dealkylation sites (tertiary alicyclic amines) is 2. The van der Waals surface area contributed by atoms with Gasteiger partial charge in [0, 0.05) is 38.1 Å². The third kappa shape index (κ3) is 2.31. The summed E-state index contributed by atoms with van der Waals surface area (Å²) in [5.41, 5.74) is 0.0195. The minimum Gasteiger partial charge on any atom is -0.340 e. The van der Waals surface area contributed by atoms with Crippen LogP contribution in [0.3, 0.4) is 0 Å². The highest BCUT2D eigenvalue weighted by atomic mass is 16.2. The summed E-state index contributed by atoms with van der Waals surface area (Å²) in [4.78, 5) is 27.3. The quantitative estimate of drug-likeness (QED) is 0.763. The third-order valence-corrected chi connectivity index (χ3v) is 4.28. The Bertz CT molecular complexity index is 346. The Morgan fingerprint density at radius 2 is 1.89 bits per heavy atom. The summed E-state index contributed by atoms with van der Waals surface area (Å²) in [7, 11) is 1.90. The number of hydrogen-bond donors (Lipinski definition) is 1. The molecule has 0 aromatic carbocycles. The van der Waals surface area contributed by atoms with Crippen molar-refractivity contribution in [3.05, 3.63) is 0 Å². The molecule has 0 bridgehead atoms. The van der Waals surface area contributed by atoms with Crippen molar-refractivity contribution in [2.24, 2.45) is 0 Å². The van der Waals surface area contributed by atoms with E-state index in [1.54, 1.807) is 0 Å². The first-order valence-electron chi connectivity index (χ1n) is 6.77. The SMILES string of the molecule is CC(C)NC(=O)N1CCC2(CCC(=O)N2C)CC1. The van der Waals surface area contributed by atoms with Crippen molar-refractivity contribution < 1.29 is 9.59 Å². The van der Waals surface area contributed by atoms with Gasteiger partial charge >= 0.3 is 6.03 Å². The number of amides is 3. The van der Waals surface area contributed by atoms with Crippen LogP contribution < -0.4 is 5.32 Å². The average Bonchev–Trinajstić information content (AvgIpc) is 2.58. The first-order chi connectivity index (χ1) is 8.44. The molecule has 2 rings (SSSR count). The van der Waals surface area contributed by atoms with E-state index in [0.29, 0.717) is 6.42 Å². The lowest BCUT2D eigenvalue weighted by atomic mass is 9.85. The van der Waals surface area contributed by atoms with E-state index in [0.717, 1.165) is 32.4 Å². The molecule has 5 heteroatoms. The first-order valence-corrected chi connectivity index (χ1v) is 6.77. The van der Waals surface area contributed by atoms with Crippen molar-refractivity contribution in [3.63, 3.8) is 0 Å². The van der Waals surface area contributed by atoms with Crippen LogP contribution in [-0.2, 0) is 4.79 Å². The van der Waals surface area contributed by atoms with Crippen LogP contribution in [0, 0.1) is 0 Å². The molecule has 0 aliphatic carbocycles. The smallest absolute Gasteiger partial charge is 0.317 e. The zero-order chi connectivity index (χ0) is 13.3. The lowest BCUT2D eigenvalue weighted by Crippen LogP contribution is -2.55. The highest BCUT2D eigenvalue weighted by Gasteiger charge is 2.45. The molecule has 2 heterocycles. The lowest BCUT2D eigenvalue weighted by molar-refractivity contribution is -0.130. The maximum atomic E-state index is 11.9. The molecule has 1 spiro atoms. The Kier molecular flexibility index (Phi) is 3.50. The number of urea groups is 1. The second-order valence-electron chi connectivity index (χ2n) is 5.77. The van der Waals surface area contributed by atoms with Gasteiger partial charge in [-0.25, -0.2) is 4.79 Å². The summed E-state index contributed by atoms with van der Waals surface area (Å²) in [6.45, 7) is 5.42. The van der Waals surface area contributed by atoms with E-state index in [-0.39, 0.29) is 23.5 Å².